The van der Waals surface area contributed by atoms with Gasteiger partial charge in [0.25, 0.3) is 0 Å². The molecule has 1 aromatic carbocycles. The van der Waals surface area contributed by atoms with Crippen molar-refractivity contribution in [3.63, 3.8) is 0 Å². The van der Waals surface area contributed by atoms with Gasteiger partial charge in [0.1, 0.15) is 0 Å². The lowest BCUT2D eigenvalue weighted by atomic mass is 9.97. The zero-order chi connectivity index (χ0) is 18.4. The fraction of sp³-hybridized carbons (Fsp3) is 0.682. The van der Waals surface area contributed by atoms with E-state index in [1.165, 1.54) is 37.9 Å². The first-order valence-corrected chi connectivity index (χ1v) is 10.5. The van der Waals surface area contributed by atoms with E-state index in [1.54, 1.807) is 0 Å². The third-order valence-corrected chi connectivity index (χ3v) is 5.87. The first-order chi connectivity index (χ1) is 12.7. The van der Waals surface area contributed by atoms with Crippen LogP contribution >= 0.6 is 24.0 Å². The monoisotopic (exact) mass is 484 g/mol. The summed E-state index contributed by atoms with van der Waals surface area (Å²) in [6.07, 6.45) is 3.85. The lowest BCUT2D eigenvalue weighted by Gasteiger charge is -2.35. The highest BCUT2D eigenvalue weighted by molar-refractivity contribution is 14.0. The summed E-state index contributed by atoms with van der Waals surface area (Å²) in [6, 6.07) is 11.6. The van der Waals surface area contributed by atoms with Gasteiger partial charge in [-0.1, -0.05) is 30.3 Å². The van der Waals surface area contributed by atoms with Gasteiger partial charge in [0.15, 0.2) is 5.96 Å². The van der Waals surface area contributed by atoms with Gasteiger partial charge in [0.05, 0.1) is 0 Å². The van der Waals surface area contributed by atoms with Crippen LogP contribution in [0.2, 0.25) is 0 Å². The number of likely N-dealkylation sites (tertiary alicyclic amines) is 2. The second-order valence-corrected chi connectivity index (χ2v) is 8.13. The highest BCUT2D eigenvalue weighted by Crippen LogP contribution is 2.27. The van der Waals surface area contributed by atoms with Crippen LogP contribution in [0.3, 0.4) is 0 Å². The third-order valence-electron chi connectivity index (χ3n) is 5.87. The van der Waals surface area contributed by atoms with Crippen LogP contribution in [0.5, 0.6) is 0 Å². The minimum absolute atomic E-state index is 0. The van der Waals surface area contributed by atoms with Crippen LogP contribution in [0.1, 0.15) is 51.5 Å². The van der Waals surface area contributed by atoms with Crippen molar-refractivity contribution in [3.8, 4) is 0 Å². The molecule has 2 unspecified atom stereocenters. The zero-order valence-corrected chi connectivity index (χ0v) is 19.6. The van der Waals surface area contributed by atoms with E-state index in [0.29, 0.717) is 17.9 Å². The van der Waals surface area contributed by atoms with Gasteiger partial charge >= 0.3 is 0 Å². The molecule has 27 heavy (non-hydrogen) atoms. The standard InChI is InChI=1S/C22H36N4.HI/c1-4-23-22(24-15-19-9-8-13-25(16-19)18(2)3)26-14-12-21(17-26)20-10-6-5-7-11-20;/h5-7,10-11,18-19,21H,4,8-9,12-17H2,1-3H3,(H,23,24);1H. The molecular weight excluding hydrogens is 447 g/mol. The van der Waals surface area contributed by atoms with Crippen LogP contribution in [0.4, 0.5) is 0 Å². The summed E-state index contributed by atoms with van der Waals surface area (Å²) < 4.78 is 0. The number of rotatable bonds is 5. The molecule has 0 saturated carbocycles. The third kappa shape index (κ3) is 6.34. The average molecular weight is 484 g/mol. The average Bonchev–Trinajstić information content (AvgIpc) is 3.16. The Labute approximate surface area is 182 Å². The van der Waals surface area contributed by atoms with Gasteiger partial charge in [-0.05, 0) is 58.1 Å². The summed E-state index contributed by atoms with van der Waals surface area (Å²) in [5.41, 5.74) is 1.46. The van der Waals surface area contributed by atoms with E-state index >= 15 is 0 Å². The van der Waals surface area contributed by atoms with Crippen molar-refractivity contribution >= 4 is 29.9 Å². The van der Waals surface area contributed by atoms with E-state index in [4.69, 9.17) is 4.99 Å². The minimum Gasteiger partial charge on any atom is -0.357 e. The Morgan fingerprint density at radius 1 is 1.15 bits per heavy atom. The molecule has 2 heterocycles. The Morgan fingerprint density at radius 2 is 1.93 bits per heavy atom. The Kier molecular flexibility index (Phi) is 9.36. The van der Waals surface area contributed by atoms with Crippen molar-refractivity contribution in [2.45, 2.75) is 52.0 Å². The maximum absolute atomic E-state index is 5.05. The normalized spacial score (nSPS) is 24.1. The van der Waals surface area contributed by atoms with Gasteiger partial charge in [-0.2, -0.15) is 0 Å². The number of nitrogens with one attached hydrogen (secondary N) is 1. The van der Waals surface area contributed by atoms with Crippen molar-refractivity contribution in [1.82, 2.24) is 15.1 Å². The van der Waals surface area contributed by atoms with Crippen LogP contribution in [-0.2, 0) is 0 Å². The van der Waals surface area contributed by atoms with Crippen molar-refractivity contribution in [2.24, 2.45) is 10.9 Å². The number of nitrogens with zero attached hydrogens (tertiary/aromatic N) is 3. The van der Waals surface area contributed by atoms with Crippen LogP contribution in [0, 0.1) is 5.92 Å². The molecule has 4 nitrogen and oxygen atoms in total. The van der Waals surface area contributed by atoms with E-state index in [0.717, 1.165) is 32.1 Å². The van der Waals surface area contributed by atoms with Gasteiger partial charge in [-0.3, -0.25) is 4.99 Å². The molecule has 0 aromatic heterocycles. The Hall–Kier alpha value is -0.820. The molecule has 152 valence electrons. The maximum atomic E-state index is 5.05. The molecule has 1 N–H and O–H groups in total. The molecular formula is C22H37IN4. The van der Waals surface area contributed by atoms with Crippen LogP contribution in [0.15, 0.2) is 35.3 Å². The SMILES string of the molecule is CCNC(=NCC1CCCN(C(C)C)C1)N1CCC(c2ccccc2)C1.I. The second kappa shape index (κ2) is 11.2. The lowest BCUT2D eigenvalue weighted by Crippen LogP contribution is -2.42. The fourth-order valence-electron chi connectivity index (χ4n) is 4.31. The van der Waals surface area contributed by atoms with Gasteiger partial charge in [-0.25, -0.2) is 0 Å². The second-order valence-electron chi connectivity index (χ2n) is 8.13. The summed E-state index contributed by atoms with van der Waals surface area (Å²) in [5.74, 6) is 2.45. The van der Waals surface area contributed by atoms with Crippen molar-refractivity contribution in [3.05, 3.63) is 35.9 Å². The zero-order valence-electron chi connectivity index (χ0n) is 17.2. The quantitative estimate of drug-likeness (QED) is 0.387. The molecule has 2 aliphatic rings. The highest BCUT2D eigenvalue weighted by Gasteiger charge is 2.27. The first kappa shape index (κ1) is 22.5. The number of benzene rings is 1. The van der Waals surface area contributed by atoms with Gasteiger partial charge < -0.3 is 15.1 Å². The molecule has 0 amide bonds. The Balaban J connectivity index is 0.00000261. The molecule has 0 aliphatic carbocycles. The van der Waals surface area contributed by atoms with E-state index in [-0.39, 0.29) is 24.0 Å². The predicted molar refractivity (Wildman–Crippen MR) is 126 cm³/mol. The minimum atomic E-state index is 0. The summed E-state index contributed by atoms with van der Waals surface area (Å²) >= 11 is 0. The number of hydrogen-bond acceptors (Lipinski definition) is 2. The van der Waals surface area contributed by atoms with Gasteiger partial charge in [0.2, 0.25) is 0 Å². The smallest absolute Gasteiger partial charge is 0.193 e. The van der Waals surface area contributed by atoms with Crippen molar-refractivity contribution in [1.29, 1.82) is 0 Å². The molecule has 2 aliphatic heterocycles. The molecule has 2 saturated heterocycles. The van der Waals surface area contributed by atoms with E-state index < -0.39 is 0 Å². The first-order valence-electron chi connectivity index (χ1n) is 10.5. The maximum Gasteiger partial charge on any atom is 0.193 e. The topological polar surface area (TPSA) is 30.9 Å². The molecule has 2 atom stereocenters. The molecule has 0 spiro atoms. The molecule has 5 heteroatoms. The largest absolute Gasteiger partial charge is 0.357 e. The van der Waals surface area contributed by atoms with Crippen LogP contribution < -0.4 is 5.32 Å². The van der Waals surface area contributed by atoms with Crippen LogP contribution in [-0.4, -0.2) is 61.1 Å². The van der Waals surface area contributed by atoms with Crippen molar-refractivity contribution in [2.75, 3.05) is 39.3 Å². The Morgan fingerprint density at radius 3 is 2.63 bits per heavy atom. The van der Waals surface area contributed by atoms with E-state index in [1.807, 2.05) is 0 Å². The molecule has 0 radical (unpaired) electrons. The van der Waals surface area contributed by atoms with Crippen LogP contribution in [0.25, 0.3) is 0 Å². The molecule has 1 aromatic rings. The molecule has 2 fully saturated rings. The summed E-state index contributed by atoms with van der Waals surface area (Å²) in [7, 11) is 0. The number of aliphatic imine (C=N–C) groups is 1. The fourth-order valence-corrected chi connectivity index (χ4v) is 4.31. The summed E-state index contributed by atoms with van der Waals surface area (Å²) in [6.45, 7) is 13.3. The van der Waals surface area contributed by atoms with Gasteiger partial charge in [0, 0.05) is 44.7 Å². The highest BCUT2D eigenvalue weighted by atomic mass is 127. The van der Waals surface area contributed by atoms with Gasteiger partial charge in [-0.15, -0.1) is 24.0 Å². The number of halogens is 1. The summed E-state index contributed by atoms with van der Waals surface area (Å²) in [4.78, 5) is 10.1. The number of guanidine groups is 1. The lowest BCUT2D eigenvalue weighted by molar-refractivity contribution is 0.143. The molecule has 3 rings (SSSR count). The van der Waals surface area contributed by atoms with Crippen molar-refractivity contribution < 1.29 is 0 Å². The van der Waals surface area contributed by atoms with E-state index in [9.17, 15) is 0 Å². The summed E-state index contributed by atoms with van der Waals surface area (Å²) in [5, 5.41) is 3.53. The number of piperidine rings is 1. The Bertz CT molecular complexity index is 575. The molecule has 0 bridgehead atoms. The van der Waals surface area contributed by atoms with E-state index in [2.05, 4.69) is 66.2 Å². The number of hydrogen-bond donors (Lipinski definition) is 1. The predicted octanol–water partition coefficient (Wildman–Crippen LogP) is 4.18.